The summed E-state index contributed by atoms with van der Waals surface area (Å²) in [6.07, 6.45) is 2.40. The van der Waals surface area contributed by atoms with Crippen LogP contribution in [0.4, 0.5) is 5.13 Å². The zero-order chi connectivity index (χ0) is 12.0. The van der Waals surface area contributed by atoms with Gasteiger partial charge in [-0.3, -0.25) is 0 Å². The Labute approximate surface area is 102 Å². The van der Waals surface area contributed by atoms with Crippen molar-refractivity contribution < 1.29 is 0 Å². The molecular formula is C11H22N4S. The van der Waals surface area contributed by atoms with Crippen LogP contribution in [0.3, 0.4) is 0 Å². The Kier molecular flexibility index (Phi) is 5.69. The Morgan fingerprint density at radius 1 is 1.31 bits per heavy atom. The van der Waals surface area contributed by atoms with Crippen LogP contribution in [0.1, 0.15) is 31.7 Å². The average Bonchev–Trinajstić information content (AvgIpc) is 2.63. The third kappa shape index (κ3) is 4.90. The Bertz CT molecular complexity index is 298. The molecule has 0 radical (unpaired) electrons. The quantitative estimate of drug-likeness (QED) is 0.745. The van der Waals surface area contributed by atoms with Crippen molar-refractivity contribution in [3.05, 3.63) is 5.01 Å². The van der Waals surface area contributed by atoms with Crippen LogP contribution < -0.4 is 5.32 Å². The van der Waals surface area contributed by atoms with E-state index in [1.54, 1.807) is 11.3 Å². The van der Waals surface area contributed by atoms with E-state index in [0.717, 1.165) is 23.2 Å². The zero-order valence-electron chi connectivity index (χ0n) is 10.7. The number of aryl methyl sites for hydroxylation is 1. The molecule has 0 aliphatic heterocycles. The Hall–Kier alpha value is -0.680. The minimum absolute atomic E-state index is 0.638. The second-order valence-electron chi connectivity index (χ2n) is 4.33. The lowest BCUT2D eigenvalue weighted by Gasteiger charge is -2.20. The summed E-state index contributed by atoms with van der Waals surface area (Å²) in [5.74, 6) is 0. The summed E-state index contributed by atoms with van der Waals surface area (Å²) >= 11 is 1.61. The Balaban J connectivity index is 2.04. The molecule has 1 heterocycles. The lowest BCUT2D eigenvalue weighted by atomic mass is 10.2. The van der Waals surface area contributed by atoms with Crippen molar-refractivity contribution in [2.45, 2.75) is 39.7 Å². The SMILES string of the molecule is Cc1nnc(NCCCCN(C)C(C)C)s1. The molecule has 1 N–H and O–H groups in total. The van der Waals surface area contributed by atoms with E-state index in [-0.39, 0.29) is 0 Å². The van der Waals surface area contributed by atoms with Crippen LogP contribution in [0.2, 0.25) is 0 Å². The van der Waals surface area contributed by atoms with Gasteiger partial charge in [0.15, 0.2) is 0 Å². The van der Waals surface area contributed by atoms with Crippen LogP contribution >= 0.6 is 11.3 Å². The molecule has 0 fully saturated rings. The molecule has 92 valence electrons. The van der Waals surface area contributed by atoms with Crippen molar-refractivity contribution >= 4 is 16.5 Å². The molecule has 0 saturated heterocycles. The molecule has 0 amide bonds. The fourth-order valence-corrected chi connectivity index (χ4v) is 1.93. The van der Waals surface area contributed by atoms with Gasteiger partial charge >= 0.3 is 0 Å². The summed E-state index contributed by atoms with van der Waals surface area (Å²) in [6.45, 7) is 8.57. The first kappa shape index (κ1) is 13.4. The molecule has 5 heteroatoms. The van der Waals surface area contributed by atoms with Crippen molar-refractivity contribution in [1.82, 2.24) is 15.1 Å². The van der Waals surface area contributed by atoms with Gasteiger partial charge in [-0.05, 0) is 47.2 Å². The lowest BCUT2D eigenvalue weighted by molar-refractivity contribution is 0.269. The predicted molar refractivity (Wildman–Crippen MR) is 70.1 cm³/mol. The highest BCUT2D eigenvalue weighted by atomic mass is 32.1. The number of aromatic nitrogens is 2. The second-order valence-corrected chi connectivity index (χ2v) is 5.52. The number of nitrogens with one attached hydrogen (secondary N) is 1. The van der Waals surface area contributed by atoms with Gasteiger partial charge in [-0.25, -0.2) is 0 Å². The topological polar surface area (TPSA) is 41.1 Å². The first-order chi connectivity index (χ1) is 7.59. The van der Waals surface area contributed by atoms with Crippen LogP contribution in [0.25, 0.3) is 0 Å². The van der Waals surface area contributed by atoms with E-state index in [0.29, 0.717) is 6.04 Å². The van der Waals surface area contributed by atoms with Crippen molar-refractivity contribution in [3.63, 3.8) is 0 Å². The van der Waals surface area contributed by atoms with Gasteiger partial charge in [0, 0.05) is 12.6 Å². The highest BCUT2D eigenvalue weighted by Gasteiger charge is 2.02. The number of unbranched alkanes of at least 4 members (excludes halogenated alkanes) is 1. The van der Waals surface area contributed by atoms with E-state index in [1.165, 1.54) is 12.8 Å². The maximum Gasteiger partial charge on any atom is 0.205 e. The number of hydrogen-bond donors (Lipinski definition) is 1. The molecule has 4 nitrogen and oxygen atoms in total. The van der Waals surface area contributed by atoms with E-state index >= 15 is 0 Å². The molecule has 16 heavy (non-hydrogen) atoms. The van der Waals surface area contributed by atoms with Crippen molar-refractivity contribution in [3.8, 4) is 0 Å². The highest BCUT2D eigenvalue weighted by Crippen LogP contribution is 2.13. The van der Waals surface area contributed by atoms with Crippen LogP contribution in [0.5, 0.6) is 0 Å². The van der Waals surface area contributed by atoms with Gasteiger partial charge in [0.1, 0.15) is 5.01 Å². The summed E-state index contributed by atoms with van der Waals surface area (Å²) in [5.41, 5.74) is 0. The summed E-state index contributed by atoms with van der Waals surface area (Å²) in [5, 5.41) is 13.2. The largest absolute Gasteiger partial charge is 0.360 e. The lowest BCUT2D eigenvalue weighted by Crippen LogP contribution is -2.27. The maximum absolute atomic E-state index is 4.02. The maximum atomic E-state index is 4.02. The summed E-state index contributed by atoms with van der Waals surface area (Å²) in [4.78, 5) is 2.37. The van der Waals surface area contributed by atoms with Crippen molar-refractivity contribution in [1.29, 1.82) is 0 Å². The van der Waals surface area contributed by atoms with Gasteiger partial charge in [-0.15, -0.1) is 10.2 Å². The van der Waals surface area contributed by atoms with Gasteiger partial charge in [-0.2, -0.15) is 0 Å². The fraction of sp³-hybridized carbons (Fsp3) is 0.818. The van der Waals surface area contributed by atoms with Gasteiger partial charge in [0.05, 0.1) is 0 Å². The minimum atomic E-state index is 0.638. The predicted octanol–water partition coefficient (Wildman–Crippen LogP) is 2.38. The van der Waals surface area contributed by atoms with Crippen LogP contribution in [-0.2, 0) is 0 Å². The molecule has 0 atom stereocenters. The van der Waals surface area contributed by atoms with Crippen LogP contribution in [0, 0.1) is 6.92 Å². The standard InChI is InChI=1S/C11H22N4S/c1-9(2)15(4)8-6-5-7-12-11-14-13-10(3)16-11/h9H,5-8H2,1-4H3,(H,12,14). The van der Waals surface area contributed by atoms with Gasteiger partial charge in [0.25, 0.3) is 0 Å². The molecule has 0 unspecified atom stereocenters. The van der Waals surface area contributed by atoms with Crippen LogP contribution in [0.15, 0.2) is 0 Å². The number of rotatable bonds is 7. The third-order valence-electron chi connectivity index (χ3n) is 2.62. The van der Waals surface area contributed by atoms with Crippen LogP contribution in [-0.4, -0.2) is 41.3 Å². The fourth-order valence-electron chi connectivity index (χ4n) is 1.31. The molecule has 0 aromatic carbocycles. The van der Waals surface area contributed by atoms with E-state index in [2.05, 4.69) is 41.3 Å². The Morgan fingerprint density at radius 3 is 2.62 bits per heavy atom. The van der Waals surface area contributed by atoms with Gasteiger partial charge in [-0.1, -0.05) is 11.3 Å². The first-order valence-corrected chi connectivity index (χ1v) is 6.65. The number of hydrogen-bond acceptors (Lipinski definition) is 5. The number of nitrogens with zero attached hydrogens (tertiary/aromatic N) is 3. The number of anilines is 1. The Morgan fingerprint density at radius 2 is 2.06 bits per heavy atom. The molecular weight excluding hydrogens is 220 g/mol. The first-order valence-electron chi connectivity index (χ1n) is 5.84. The van der Waals surface area contributed by atoms with Gasteiger partial charge < -0.3 is 10.2 Å². The molecule has 1 aromatic heterocycles. The second kappa shape index (κ2) is 6.81. The molecule has 0 spiro atoms. The van der Waals surface area contributed by atoms with E-state index in [4.69, 9.17) is 0 Å². The zero-order valence-corrected chi connectivity index (χ0v) is 11.5. The van der Waals surface area contributed by atoms with E-state index < -0.39 is 0 Å². The third-order valence-corrected chi connectivity index (χ3v) is 3.42. The van der Waals surface area contributed by atoms with E-state index in [1.807, 2.05) is 6.92 Å². The van der Waals surface area contributed by atoms with Crippen molar-refractivity contribution in [2.24, 2.45) is 0 Å². The average molecular weight is 242 g/mol. The molecule has 0 aliphatic carbocycles. The smallest absolute Gasteiger partial charge is 0.205 e. The summed E-state index contributed by atoms with van der Waals surface area (Å²) in [6, 6.07) is 0.638. The highest BCUT2D eigenvalue weighted by molar-refractivity contribution is 7.15. The summed E-state index contributed by atoms with van der Waals surface area (Å²) < 4.78 is 0. The molecule has 0 saturated carbocycles. The molecule has 1 rings (SSSR count). The minimum Gasteiger partial charge on any atom is -0.360 e. The van der Waals surface area contributed by atoms with E-state index in [9.17, 15) is 0 Å². The summed E-state index contributed by atoms with van der Waals surface area (Å²) in [7, 11) is 2.17. The molecule has 0 bridgehead atoms. The van der Waals surface area contributed by atoms with Crippen molar-refractivity contribution in [2.75, 3.05) is 25.5 Å². The van der Waals surface area contributed by atoms with Gasteiger partial charge in [0.2, 0.25) is 5.13 Å². The molecule has 1 aromatic rings. The molecule has 0 aliphatic rings. The monoisotopic (exact) mass is 242 g/mol. The normalized spacial score (nSPS) is 11.4.